The molecule has 0 bridgehead atoms. The average Bonchev–Trinajstić information content (AvgIpc) is 2.24. The van der Waals surface area contributed by atoms with E-state index >= 15 is 0 Å². The van der Waals surface area contributed by atoms with Crippen molar-refractivity contribution in [3.8, 4) is 5.88 Å². The van der Waals surface area contributed by atoms with Crippen LogP contribution in [0, 0.1) is 6.92 Å². The summed E-state index contributed by atoms with van der Waals surface area (Å²) in [6.07, 6.45) is 8.47. The van der Waals surface area contributed by atoms with Gasteiger partial charge in [-0.25, -0.2) is 4.98 Å². The van der Waals surface area contributed by atoms with Crippen molar-refractivity contribution in [1.82, 2.24) is 4.98 Å². The topological polar surface area (TPSA) is 22.1 Å². The molecule has 0 unspecified atom stereocenters. The molecule has 3 heteroatoms. The van der Waals surface area contributed by atoms with E-state index in [1.807, 2.05) is 13.0 Å². The number of hydrogen-bond acceptors (Lipinski definition) is 2. The highest BCUT2D eigenvalue weighted by atomic mass is 79.9. The van der Waals surface area contributed by atoms with Crippen LogP contribution >= 0.6 is 15.9 Å². The van der Waals surface area contributed by atoms with Crippen LogP contribution in [0.4, 0.5) is 0 Å². The predicted octanol–water partition coefficient (Wildman–Crippen LogP) is 3.86. The van der Waals surface area contributed by atoms with Gasteiger partial charge in [0.15, 0.2) is 0 Å². The Kier molecular flexibility index (Phi) is 3.62. The van der Waals surface area contributed by atoms with Gasteiger partial charge in [0.1, 0.15) is 6.10 Å². The second-order valence-electron chi connectivity index (χ2n) is 4.15. The first-order valence-electron chi connectivity index (χ1n) is 5.54. The van der Waals surface area contributed by atoms with E-state index in [1.54, 1.807) is 6.20 Å². The van der Waals surface area contributed by atoms with Gasteiger partial charge in [-0.2, -0.15) is 0 Å². The summed E-state index contributed by atoms with van der Waals surface area (Å²) in [7, 11) is 0. The second-order valence-corrected chi connectivity index (χ2v) is 5.07. The molecule has 1 aliphatic carbocycles. The number of halogens is 1. The van der Waals surface area contributed by atoms with Crippen molar-refractivity contribution < 1.29 is 4.74 Å². The van der Waals surface area contributed by atoms with Crippen LogP contribution in [-0.2, 0) is 0 Å². The zero-order chi connectivity index (χ0) is 10.7. The maximum absolute atomic E-state index is 5.91. The van der Waals surface area contributed by atoms with E-state index in [1.165, 1.54) is 32.1 Å². The maximum Gasteiger partial charge on any atom is 0.216 e. The Morgan fingerprint density at radius 2 is 2.07 bits per heavy atom. The molecule has 1 heterocycles. The van der Waals surface area contributed by atoms with Crippen LogP contribution in [0.2, 0.25) is 0 Å². The molecule has 1 aliphatic rings. The van der Waals surface area contributed by atoms with Gasteiger partial charge in [-0.15, -0.1) is 0 Å². The lowest BCUT2D eigenvalue weighted by atomic mass is 9.98. The van der Waals surface area contributed by atoms with E-state index in [0.717, 1.165) is 15.9 Å². The lowest BCUT2D eigenvalue weighted by Crippen LogP contribution is -2.20. The first kappa shape index (κ1) is 10.9. The summed E-state index contributed by atoms with van der Waals surface area (Å²) in [5.41, 5.74) is 1.11. The molecule has 0 saturated heterocycles. The van der Waals surface area contributed by atoms with Crippen molar-refractivity contribution in [3.63, 3.8) is 0 Å². The largest absolute Gasteiger partial charge is 0.474 e. The van der Waals surface area contributed by atoms with Crippen LogP contribution in [0.1, 0.15) is 37.7 Å². The van der Waals surface area contributed by atoms with Crippen LogP contribution in [0.3, 0.4) is 0 Å². The van der Waals surface area contributed by atoms with Crippen molar-refractivity contribution in [1.29, 1.82) is 0 Å². The molecule has 1 aromatic heterocycles. The third kappa shape index (κ3) is 2.94. The van der Waals surface area contributed by atoms with E-state index in [4.69, 9.17) is 4.74 Å². The molecule has 2 rings (SSSR count). The fourth-order valence-electron chi connectivity index (χ4n) is 1.99. The molecule has 0 N–H and O–H groups in total. The van der Waals surface area contributed by atoms with Gasteiger partial charge in [0.2, 0.25) is 5.88 Å². The van der Waals surface area contributed by atoms with Crippen LogP contribution in [-0.4, -0.2) is 11.1 Å². The van der Waals surface area contributed by atoms with Gasteiger partial charge < -0.3 is 4.74 Å². The Morgan fingerprint density at radius 3 is 2.73 bits per heavy atom. The summed E-state index contributed by atoms with van der Waals surface area (Å²) < 4.78 is 6.92. The van der Waals surface area contributed by atoms with Crippen LogP contribution in [0.5, 0.6) is 5.88 Å². The number of nitrogens with zero attached hydrogens (tertiary/aromatic N) is 1. The number of rotatable bonds is 2. The lowest BCUT2D eigenvalue weighted by Gasteiger charge is -2.23. The molecular weight excluding hydrogens is 254 g/mol. The molecule has 0 aliphatic heterocycles. The van der Waals surface area contributed by atoms with Gasteiger partial charge in [0.25, 0.3) is 0 Å². The minimum atomic E-state index is 0.381. The normalized spacial score (nSPS) is 17.7. The van der Waals surface area contributed by atoms with E-state index in [-0.39, 0.29) is 0 Å². The smallest absolute Gasteiger partial charge is 0.216 e. The number of aryl methyl sites for hydroxylation is 1. The molecular formula is C12H16BrNO. The van der Waals surface area contributed by atoms with Crippen molar-refractivity contribution in [2.24, 2.45) is 0 Å². The van der Waals surface area contributed by atoms with Crippen molar-refractivity contribution in [2.75, 3.05) is 0 Å². The highest BCUT2D eigenvalue weighted by Gasteiger charge is 2.16. The summed E-state index contributed by atoms with van der Waals surface area (Å²) in [5.74, 6) is 0.796. The molecule has 2 nitrogen and oxygen atoms in total. The van der Waals surface area contributed by atoms with Crippen LogP contribution < -0.4 is 4.74 Å². The Balaban J connectivity index is 2.03. The number of ether oxygens (including phenoxy) is 1. The first-order chi connectivity index (χ1) is 7.25. The van der Waals surface area contributed by atoms with E-state index in [0.29, 0.717) is 6.10 Å². The summed E-state index contributed by atoms with van der Waals surface area (Å²) in [6.45, 7) is 2.04. The third-order valence-corrected chi connectivity index (χ3v) is 3.26. The Morgan fingerprint density at radius 1 is 1.33 bits per heavy atom. The van der Waals surface area contributed by atoms with Crippen molar-refractivity contribution >= 4 is 15.9 Å². The monoisotopic (exact) mass is 269 g/mol. The van der Waals surface area contributed by atoms with Gasteiger partial charge in [-0.1, -0.05) is 6.42 Å². The van der Waals surface area contributed by atoms with E-state index in [9.17, 15) is 0 Å². The predicted molar refractivity (Wildman–Crippen MR) is 64.2 cm³/mol. The van der Waals surface area contributed by atoms with Crippen LogP contribution in [0.15, 0.2) is 16.7 Å². The highest BCUT2D eigenvalue weighted by Crippen LogP contribution is 2.25. The minimum Gasteiger partial charge on any atom is -0.474 e. The Bertz CT molecular complexity index is 334. The second kappa shape index (κ2) is 4.97. The van der Waals surface area contributed by atoms with E-state index < -0.39 is 0 Å². The zero-order valence-electron chi connectivity index (χ0n) is 9.00. The zero-order valence-corrected chi connectivity index (χ0v) is 10.6. The summed E-state index contributed by atoms with van der Waals surface area (Å²) in [4.78, 5) is 4.30. The van der Waals surface area contributed by atoms with Crippen LogP contribution in [0.25, 0.3) is 0 Å². The molecule has 1 aromatic rings. The standard InChI is InChI=1S/C12H16BrNO/c1-9-7-10(13)8-14-12(9)15-11-5-3-2-4-6-11/h7-8,11H,2-6H2,1H3. The molecule has 0 atom stereocenters. The third-order valence-electron chi connectivity index (χ3n) is 2.83. The average molecular weight is 270 g/mol. The Labute approximate surface area is 99.2 Å². The van der Waals surface area contributed by atoms with E-state index in [2.05, 4.69) is 20.9 Å². The molecule has 15 heavy (non-hydrogen) atoms. The number of pyridine rings is 1. The minimum absolute atomic E-state index is 0.381. The summed E-state index contributed by atoms with van der Waals surface area (Å²) in [5, 5.41) is 0. The van der Waals surface area contributed by atoms with Gasteiger partial charge in [-0.3, -0.25) is 0 Å². The van der Waals surface area contributed by atoms with Gasteiger partial charge in [0.05, 0.1) is 0 Å². The maximum atomic E-state index is 5.91. The summed E-state index contributed by atoms with van der Waals surface area (Å²) in [6, 6.07) is 2.05. The fourth-order valence-corrected chi connectivity index (χ4v) is 2.44. The Hall–Kier alpha value is -0.570. The van der Waals surface area contributed by atoms with Gasteiger partial charge in [0, 0.05) is 16.2 Å². The molecule has 1 saturated carbocycles. The van der Waals surface area contributed by atoms with Crippen molar-refractivity contribution in [3.05, 3.63) is 22.3 Å². The van der Waals surface area contributed by atoms with Crippen molar-refractivity contribution in [2.45, 2.75) is 45.1 Å². The molecule has 0 spiro atoms. The number of hydrogen-bond donors (Lipinski definition) is 0. The van der Waals surface area contributed by atoms with Gasteiger partial charge >= 0.3 is 0 Å². The molecule has 0 amide bonds. The molecule has 0 radical (unpaired) electrons. The molecule has 0 aromatic carbocycles. The molecule has 82 valence electrons. The SMILES string of the molecule is Cc1cc(Br)cnc1OC1CCCCC1. The highest BCUT2D eigenvalue weighted by molar-refractivity contribution is 9.10. The number of aromatic nitrogens is 1. The summed E-state index contributed by atoms with van der Waals surface area (Å²) >= 11 is 3.40. The lowest BCUT2D eigenvalue weighted by molar-refractivity contribution is 0.147. The van der Waals surface area contributed by atoms with Gasteiger partial charge in [-0.05, 0) is 54.6 Å². The quantitative estimate of drug-likeness (QED) is 0.814. The first-order valence-corrected chi connectivity index (χ1v) is 6.34. The fraction of sp³-hybridized carbons (Fsp3) is 0.583. The molecule has 1 fully saturated rings.